The minimum absolute atomic E-state index is 0.818. The van der Waals surface area contributed by atoms with E-state index in [0.717, 1.165) is 19.6 Å². The normalized spacial score (nSPS) is 10.8. The van der Waals surface area contributed by atoms with Gasteiger partial charge in [0.1, 0.15) is 12.7 Å². The van der Waals surface area contributed by atoms with Crippen molar-refractivity contribution in [3.63, 3.8) is 0 Å². The van der Waals surface area contributed by atoms with Crippen LogP contribution in [0.1, 0.15) is 23.1 Å². The zero-order valence-electron chi connectivity index (χ0n) is 9.39. The second-order valence-electron chi connectivity index (χ2n) is 3.64. The van der Waals surface area contributed by atoms with Gasteiger partial charge < -0.3 is 5.32 Å². The Balaban J connectivity index is 1.87. The van der Waals surface area contributed by atoms with E-state index in [9.17, 15) is 0 Å². The van der Waals surface area contributed by atoms with Crippen LogP contribution in [0, 0.1) is 0 Å². The summed E-state index contributed by atoms with van der Waals surface area (Å²) in [5, 5.41) is 7.49. The summed E-state index contributed by atoms with van der Waals surface area (Å²) in [6.45, 7) is 5.04. The van der Waals surface area contributed by atoms with Crippen LogP contribution in [0.4, 0.5) is 0 Å². The molecule has 86 valence electrons. The Morgan fingerprint density at radius 3 is 3.00 bits per heavy atom. The Kier molecular flexibility index (Phi) is 4.07. The number of hydrogen-bond donors (Lipinski definition) is 1. The number of rotatable bonds is 6. The van der Waals surface area contributed by atoms with Gasteiger partial charge in [0.25, 0.3) is 0 Å². The SMILES string of the molecule is CCCNCc1ccc(Cn2cncn2)s1. The number of hydrogen-bond acceptors (Lipinski definition) is 4. The molecule has 0 aliphatic rings. The molecule has 0 unspecified atom stereocenters. The van der Waals surface area contributed by atoms with Crippen LogP contribution in [0.25, 0.3) is 0 Å². The first-order valence-corrected chi connectivity index (χ1v) is 6.31. The molecule has 0 bridgehead atoms. The maximum absolute atomic E-state index is 4.09. The molecular formula is C11H16N4S. The first-order valence-electron chi connectivity index (χ1n) is 5.49. The smallest absolute Gasteiger partial charge is 0.137 e. The van der Waals surface area contributed by atoms with Gasteiger partial charge in [-0.2, -0.15) is 5.10 Å². The summed E-state index contributed by atoms with van der Waals surface area (Å²) in [5.41, 5.74) is 0. The van der Waals surface area contributed by atoms with Crippen molar-refractivity contribution in [2.45, 2.75) is 26.4 Å². The van der Waals surface area contributed by atoms with Gasteiger partial charge in [-0.1, -0.05) is 6.92 Å². The van der Waals surface area contributed by atoms with Crippen molar-refractivity contribution in [3.05, 3.63) is 34.5 Å². The topological polar surface area (TPSA) is 42.7 Å². The maximum atomic E-state index is 4.09. The van der Waals surface area contributed by atoms with E-state index in [0.29, 0.717) is 0 Å². The molecule has 5 heteroatoms. The van der Waals surface area contributed by atoms with Crippen LogP contribution in [0.5, 0.6) is 0 Å². The zero-order chi connectivity index (χ0) is 11.2. The highest BCUT2D eigenvalue weighted by molar-refractivity contribution is 7.11. The van der Waals surface area contributed by atoms with Crippen molar-refractivity contribution in [3.8, 4) is 0 Å². The molecule has 2 rings (SSSR count). The van der Waals surface area contributed by atoms with Crippen molar-refractivity contribution in [1.29, 1.82) is 0 Å². The Labute approximate surface area is 99.3 Å². The quantitative estimate of drug-likeness (QED) is 0.779. The van der Waals surface area contributed by atoms with Gasteiger partial charge in [-0.15, -0.1) is 11.3 Å². The first-order chi connectivity index (χ1) is 7.88. The number of aromatic nitrogens is 3. The average molecular weight is 236 g/mol. The molecule has 2 aromatic rings. The van der Waals surface area contributed by atoms with Gasteiger partial charge in [0.15, 0.2) is 0 Å². The molecule has 0 spiro atoms. The maximum Gasteiger partial charge on any atom is 0.137 e. The van der Waals surface area contributed by atoms with E-state index in [1.807, 2.05) is 16.0 Å². The van der Waals surface area contributed by atoms with Gasteiger partial charge in [0.2, 0.25) is 0 Å². The summed E-state index contributed by atoms with van der Waals surface area (Å²) in [6.07, 6.45) is 4.49. The third-order valence-corrected chi connectivity index (χ3v) is 3.30. The molecule has 0 saturated heterocycles. The average Bonchev–Trinajstić information content (AvgIpc) is 2.91. The van der Waals surface area contributed by atoms with Crippen LogP contribution in [0.2, 0.25) is 0 Å². The summed E-state index contributed by atoms with van der Waals surface area (Å²) in [4.78, 5) is 6.63. The third kappa shape index (κ3) is 3.15. The molecule has 0 aromatic carbocycles. The highest BCUT2D eigenvalue weighted by atomic mass is 32.1. The molecule has 2 aromatic heterocycles. The number of nitrogens with one attached hydrogen (secondary N) is 1. The van der Waals surface area contributed by atoms with Crippen LogP contribution in [-0.2, 0) is 13.1 Å². The second-order valence-corrected chi connectivity index (χ2v) is 4.89. The Hall–Kier alpha value is -1.20. The minimum atomic E-state index is 0.818. The van der Waals surface area contributed by atoms with Gasteiger partial charge >= 0.3 is 0 Å². The van der Waals surface area contributed by atoms with E-state index >= 15 is 0 Å². The minimum Gasteiger partial charge on any atom is -0.312 e. The number of nitrogens with zero attached hydrogens (tertiary/aromatic N) is 3. The van der Waals surface area contributed by atoms with Gasteiger partial charge in [0.05, 0.1) is 6.54 Å². The lowest BCUT2D eigenvalue weighted by Crippen LogP contribution is -2.12. The van der Waals surface area contributed by atoms with E-state index in [-0.39, 0.29) is 0 Å². The molecule has 4 nitrogen and oxygen atoms in total. The van der Waals surface area contributed by atoms with Crippen LogP contribution < -0.4 is 5.32 Å². The van der Waals surface area contributed by atoms with Crippen LogP contribution in [0.3, 0.4) is 0 Å². The lowest BCUT2D eigenvalue weighted by molar-refractivity contribution is 0.681. The Morgan fingerprint density at radius 1 is 1.38 bits per heavy atom. The summed E-state index contributed by atoms with van der Waals surface area (Å²) in [6, 6.07) is 4.34. The van der Waals surface area contributed by atoms with E-state index in [1.54, 1.807) is 12.7 Å². The monoisotopic (exact) mass is 236 g/mol. The molecule has 2 heterocycles. The standard InChI is InChI=1S/C11H16N4S/c1-2-5-12-6-10-3-4-11(16-10)7-15-9-13-8-14-15/h3-4,8-9,12H,2,5-7H2,1H3. The summed E-state index contributed by atoms with van der Waals surface area (Å²) in [5.74, 6) is 0. The largest absolute Gasteiger partial charge is 0.312 e. The van der Waals surface area contributed by atoms with Crippen molar-refractivity contribution >= 4 is 11.3 Å². The highest BCUT2D eigenvalue weighted by Crippen LogP contribution is 2.16. The van der Waals surface area contributed by atoms with E-state index < -0.39 is 0 Å². The molecular weight excluding hydrogens is 220 g/mol. The molecule has 1 N–H and O–H groups in total. The predicted molar refractivity (Wildman–Crippen MR) is 65.4 cm³/mol. The molecule has 0 saturated carbocycles. The lowest BCUT2D eigenvalue weighted by Gasteiger charge is -1.99. The summed E-state index contributed by atoms with van der Waals surface area (Å²) < 4.78 is 1.84. The summed E-state index contributed by atoms with van der Waals surface area (Å²) in [7, 11) is 0. The van der Waals surface area contributed by atoms with E-state index in [4.69, 9.17) is 0 Å². The van der Waals surface area contributed by atoms with Crippen molar-refractivity contribution in [2.75, 3.05) is 6.54 Å². The van der Waals surface area contributed by atoms with Crippen molar-refractivity contribution < 1.29 is 0 Å². The van der Waals surface area contributed by atoms with Gasteiger partial charge in [-0.05, 0) is 25.1 Å². The van der Waals surface area contributed by atoms with Crippen molar-refractivity contribution in [2.24, 2.45) is 0 Å². The predicted octanol–water partition coefficient (Wildman–Crippen LogP) is 1.89. The lowest BCUT2D eigenvalue weighted by atomic mass is 10.4. The molecule has 0 radical (unpaired) electrons. The first kappa shape index (κ1) is 11.3. The van der Waals surface area contributed by atoms with E-state index in [1.165, 1.54) is 16.2 Å². The fourth-order valence-electron chi connectivity index (χ4n) is 1.46. The molecule has 0 fully saturated rings. The van der Waals surface area contributed by atoms with Crippen LogP contribution in [0.15, 0.2) is 24.8 Å². The van der Waals surface area contributed by atoms with Crippen LogP contribution >= 0.6 is 11.3 Å². The van der Waals surface area contributed by atoms with Crippen molar-refractivity contribution in [1.82, 2.24) is 20.1 Å². The molecule has 0 aliphatic carbocycles. The summed E-state index contributed by atoms with van der Waals surface area (Å²) >= 11 is 1.83. The van der Waals surface area contributed by atoms with Gasteiger partial charge in [0, 0.05) is 16.3 Å². The van der Waals surface area contributed by atoms with Gasteiger partial charge in [-0.3, -0.25) is 0 Å². The molecule has 0 amide bonds. The third-order valence-electron chi connectivity index (χ3n) is 2.23. The molecule has 0 atom stereocenters. The van der Waals surface area contributed by atoms with E-state index in [2.05, 4.69) is 34.5 Å². The Bertz CT molecular complexity index is 407. The number of thiophene rings is 1. The highest BCUT2D eigenvalue weighted by Gasteiger charge is 2.01. The zero-order valence-corrected chi connectivity index (χ0v) is 10.2. The molecule has 16 heavy (non-hydrogen) atoms. The fourth-order valence-corrected chi connectivity index (χ4v) is 2.44. The fraction of sp³-hybridized carbons (Fsp3) is 0.455. The van der Waals surface area contributed by atoms with Crippen LogP contribution in [-0.4, -0.2) is 21.3 Å². The molecule has 0 aliphatic heterocycles. The second kappa shape index (κ2) is 5.77. The van der Waals surface area contributed by atoms with Gasteiger partial charge in [-0.25, -0.2) is 9.67 Å². The Morgan fingerprint density at radius 2 is 2.25 bits per heavy atom.